The van der Waals surface area contributed by atoms with Gasteiger partial charge in [0.25, 0.3) is 5.91 Å². The number of benzene rings is 1. The van der Waals surface area contributed by atoms with Crippen LogP contribution >= 0.6 is 11.6 Å². The Morgan fingerprint density at radius 2 is 2.05 bits per heavy atom. The molecule has 6 nitrogen and oxygen atoms in total. The molecular formula is C15H13ClN2O4. The summed E-state index contributed by atoms with van der Waals surface area (Å²) in [5, 5.41) is 0.341. The van der Waals surface area contributed by atoms with Gasteiger partial charge in [0.05, 0.1) is 12.2 Å². The van der Waals surface area contributed by atoms with E-state index in [0.717, 1.165) is 0 Å². The van der Waals surface area contributed by atoms with Crippen molar-refractivity contribution in [2.24, 2.45) is 5.73 Å². The van der Waals surface area contributed by atoms with Crippen molar-refractivity contribution < 1.29 is 19.1 Å². The molecule has 0 aliphatic heterocycles. The Morgan fingerprint density at radius 1 is 1.27 bits per heavy atom. The molecule has 0 saturated heterocycles. The molecule has 1 amide bonds. The quantitative estimate of drug-likeness (QED) is 0.855. The molecule has 0 aliphatic carbocycles. The number of hydrogen-bond donors (Lipinski definition) is 1. The predicted molar refractivity (Wildman–Crippen MR) is 80.2 cm³/mol. The molecule has 1 aromatic carbocycles. The maximum atomic E-state index is 11.9. The molecule has 0 radical (unpaired) electrons. The summed E-state index contributed by atoms with van der Waals surface area (Å²) < 4.78 is 10.5. The van der Waals surface area contributed by atoms with Crippen molar-refractivity contribution in [1.82, 2.24) is 4.98 Å². The third kappa shape index (κ3) is 3.53. The van der Waals surface area contributed by atoms with E-state index < -0.39 is 11.9 Å². The van der Waals surface area contributed by atoms with Gasteiger partial charge in [-0.15, -0.1) is 0 Å². The van der Waals surface area contributed by atoms with Crippen LogP contribution in [0.15, 0.2) is 36.5 Å². The van der Waals surface area contributed by atoms with Crippen LogP contribution in [-0.4, -0.2) is 23.5 Å². The van der Waals surface area contributed by atoms with Gasteiger partial charge < -0.3 is 15.2 Å². The summed E-state index contributed by atoms with van der Waals surface area (Å²) in [5.41, 5.74) is 5.53. The fraction of sp³-hybridized carbons (Fsp3) is 0.133. The summed E-state index contributed by atoms with van der Waals surface area (Å²) in [4.78, 5) is 27.3. The zero-order valence-corrected chi connectivity index (χ0v) is 12.5. The molecule has 0 saturated carbocycles. The van der Waals surface area contributed by atoms with E-state index in [4.69, 9.17) is 26.8 Å². The van der Waals surface area contributed by atoms with Crippen molar-refractivity contribution in [3.8, 4) is 11.6 Å². The number of hydrogen-bond acceptors (Lipinski definition) is 5. The summed E-state index contributed by atoms with van der Waals surface area (Å²) >= 11 is 5.83. The number of rotatable bonds is 5. The van der Waals surface area contributed by atoms with Gasteiger partial charge in [0.15, 0.2) is 0 Å². The lowest BCUT2D eigenvalue weighted by molar-refractivity contribution is 0.0522. The van der Waals surface area contributed by atoms with Gasteiger partial charge in [-0.3, -0.25) is 4.79 Å². The highest BCUT2D eigenvalue weighted by atomic mass is 35.5. The molecule has 22 heavy (non-hydrogen) atoms. The van der Waals surface area contributed by atoms with Crippen LogP contribution in [0.25, 0.3) is 0 Å². The SMILES string of the molecule is CCOC(=O)c1cccnc1Oc1ccc(Cl)cc1C(N)=O. The first kappa shape index (κ1) is 15.8. The van der Waals surface area contributed by atoms with Crippen molar-refractivity contribution in [3.63, 3.8) is 0 Å². The molecule has 2 rings (SSSR count). The van der Waals surface area contributed by atoms with E-state index in [1.165, 1.54) is 30.5 Å². The third-order valence-electron chi connectivity index (χ3n) is 2.68. The van der Waals surface area contributed by atoms with E-state index >= 15 is 0 Å². The maximum Gasteiger partial charge on any atom is 0.343 e. The number of ether oxygens (including phenoxy) is 2. The zero-order valence-electron chi connectivity index (χ0n) is 11.7. The van der Waals surface area contributed by atoms with Gasteiger partial charge >= 0.3 is 5.97 Å². The summed E-state index contributed by atoms with van der Waals surface area (Å²) in [7, 11) is 0. The van der Waals surface area contributed by atoms with E-state index in [0.29, 0.717) is 5.02 Å². The fourth-order valence-electron chi connectivity index (χ4n) is 1.72. The van der Waals surface area contributed by atoms with Crippen LogP contribution in [0, 0.1) is 0 Å². The van der Waals surface area contributed by atoms with Crippen LogP contribution < -0.4 is 10.5 Å². The number of carbonyl (C=O) groups is 2. The summed E-state index contributed by atoms with van der Waals surface area (Å²) in [6.07, 6.45) is 1.46. The van der Waals surface area contributed by atoms with Gasteiger partial charge in [-0.1, -0.05) is 11.6 Å². The van der Waals surface area contributed by atoms with Crippen LogP contribution in [0.5, 0.6) is 11.6 Å². The second-order valence-corrected chi connectivity index (χ2v) is 4.62. The maximum absolute atomic E-state index is 11.9. The second-order valence-electron chi connectivity index (χ2n) is 4.18. The van der Waals surface area contributed by atoms with Gasteiger partial charge in [-0.05, 0) is 37.3 Å². The fourth-order valence-corrected chi connectivity index (χ4v) is 1.90. The summed E-state index contributed by atoms with van der Waals surface area (Å²) in [6, 6.07) is 7.49. The molecular weight excluding hydrogens is 308 g/mol. The molecule has 0 spiro atoms. The third-order valence-corrected chi connectivity index (χ3v) is 2.92. The van der Waals surface area contributed by atoms with Gasteiger partial charge in [-0.2, -0.15) is 0 Å². The van der Waals surface area contributed by atoms with Gasteiger partial charge in [0.2, 0.25) is 5.88 Å². The topological polar surface area (TPSA) is 91.5 Å². The zero-order chi connectivity index (χ0) is 16.1. The molecule has 0 bridgehead atoms. The Kier molecular flexibility index (Phi) is 4.95. The van der Waals surface area contributed by atoms with Crippen LogP contribution in [0.2, 0.25) is 5.02 Å². The highest BCUT2D eigenvalue weighted by Crippen LogP contribution is 2.28. The van der Waals surface area contributed by atoms with Crippen LogP contribution in [0.1, 0.15) is 27.6 Å². The van der Waals surface area contributed by atoms with E-state index in [1.54, 1.807) is 13.0 Å². The molecule has 0 fully saturated rings. The van der Waals surface area contributed by atoms with Crippen molar-refractivity contribution >= 4 is 23.5 Å². The lowest BCUT2D eigenvalue weighted by Gasteiger charge is -2.11. The number of esters is 1. The number of pyridine rings is 1. The minimum Gasteiger partial charge on any atom is -0.462 e. The molecule has 2 N–H and O–H groups in total. The Labute approximate surface area is 131 Å². The number of carbonyl (C=O) groups excluding carboxylic acids is 2. The first-order valence-corrected chi connectivity index (χ1v) is 6.80. The van der Waals surface area contributed by atoms with Crippen LogP contribution in [0.3, 0.4) is 0 Å². The Balaban J connectivity index is 2.40. The molecule has 1 aromatic heterocycles. The molecule has 7 heteroatoms. The molecule has 0 unspecified atom stereocenters. The molecule has 114 valence electrons. The van der Waals surface area contributed by atoms with E-state index in [2.05, 4.69) is 4.98 Å². The normalized spacial score (nSPS) is 10.1. The van der Waals surface area contributed by atoms with E-state index in [9.17, 15) is 9.59 Å². The molecule has 1 heterocycles. The van der Waals surface area contributed by atoms with Crippen molar-refractivity contribution in [2.75, 3.05) is 6.61 Å². The minimum absolute atomic E-state index is 0.0192. The Morgan fingerprint density at radius 3 is 2.73 bits per heavy atom. The highest BCUT2D eigenvalue weighted by Gasteiger charge is 2.18. The van der Waals surface area contributed by atoms with Crippen molar-refractivity contribution in [3.05, 3.63) is 52.7 Å². The van der Waals surface area contributed by atoms with Crippen LogP contribution in [-0.2, 0) is 4.74 Å². The second kappa shape index (κ2) is 6.91. The number of nitrogens with zero attached hydrogens (tertiary/aromatic N) is 1. The molecule has 0 atom stereocenters. The molecule has 0 aliphatic rings. The number of amides is 1. The van der Waals surface area contributed by atoms with E-state index in [-0.39, 0.29) is 29.4 Å². The monoisotopic (exact) mass is 320 g/mol. The first-order valence-electron chi connectivity index (χ1n) is 6.42. The summed E-state index contributed by atoms with van der Waals surface area (Å²) in [6.45, 7) is 1.92. The lowest BCUT2D eigenvalue weighted by Crippen LogP contribution is -2.13. The lowest BCUT2D eigenvalue weighted by atomic mass is 10.2. The minimum atomic E-state index is -0.703. The first-order chi connectivity index (χ1) is 10.5. The smallest absolute Gasteiger partial charge is 0.343 e. The van der Waals surface area contributed by atoms with Gasteiger partial charge in [0, 0.05) is 11.2 Å². The standard InChI is InChI=1S/C15H13ClN2O4/c1-2-21-15(20)10-4-3-7-18-14(10)22-12-6-5-9(16)8-11(12)13(17)19/h3-8H,2H2,1H3,(H2,17,19). The number of halogens is 1. The van der Waals surface area contributed by atoms with Gasteiger partial charge in [0.1, 0.15) is 11.3 Å². The summed E-state index contributed by atoms with van der Waals surface area (Å²) in [5.74, 6) is -1.10. The Hall–Kier alpha value is -2.60. The largest absolute Gasteiger partial charge is 0.462 e. The van der Waals surface area contributed by atoms with Crippen molar-refractivity contribution in [1.29, 1.82) is 0 Å². The number of aromatic nitrogens is 1. The average Bonchev–Trinajstić information content (AvgIpc) is 2.49. The average molecular weight is 321 g/mol. The predicted octanol–water partition coefficient (Wildman–Crippen LogP) is 2.80. The van der Waals surface area contributed by atoms with Crippen molar-refractivity contribution in [2.45, 2.75) is 6.92 Å². The Bertz CT molecular complexity index is 718. The van der Waals surface area contributed by atoms with E-state index in [1.807, 2.05) is 0 Å². The highest BCUT2D eigenvalue weighted by molar-refractivity contribution is 6.31. The number of nitrogens with two attached hydrogens (primary N) is 1. The van der Waals surface area contributed by atoms with Crippen LogP contribution in [0.4, 0.5) is 0 Å². The van der Waals surface area contributed by atoms with Gasteiger partial charge in [-0.25, -0.2) is 9.78 Å². The molecule has 2 aromatic rings. The number of primary amides is 1.